The average molecular weight is 307 g/mol. The molecule has 8 heteroatoms. The first-order valence-corrected chi connectivity index (χ1v) is 6.92. The van der Waals surface area contributed by atoms with Crippen LogP contribution in [0.25, 0.3) is 0 Å². The van der Waals surface area contributed by atoms with E-state index in [0.717, 1.165) is 6.42 Å². The molecule has 22 heavy (non-hydrogen) atoms. The summed E-state index contributed by atoms with van der Waals surface area (Å²) in [6.45, 7) is 0.529. The maximum absolute atomic E-state index is 12.0. The maximum atomic E-state index is 12.0. The van der Waals surface area contributed by atoms with Crippen molar-refractivity contribution >= 4 is 17.5 Å². The van der Waals surface area contributed by atoms with Crippen molar-refractivity contribution in [2.75, 3.05) is 6.61 Å². The lowest BCUT2D eigenvalue weighted by molar-refractivity contribution is -0.384. The zero-order valence-electron chi connectivity index (χ0n) is 11.9. The smallest absolute Gasteiger partial charge is 0.269 e. The lowest BCUT2D eigenvalue weighted by Gasteiger charge is -2.18. The summed E-state index contributed by atoms with van der Waals surface area (Å²) in [6.07, 6.45) is 1.06. The highest BCUT2D eigenvalue weighted by atomic mass is 16.6. The van der Waals surface area contributed by atoms with Crippen molar-refractivity contribution in [3.05, 3.63) is 39.9 Å². The molecule has 0 spiro atoms. The molecule has 0 unspecified atom stereocenters. The Morgan fingerprint density at radius 2 is 2.09 bits per heavy atom. The van der Waals surface area contributed by atoms with Crippen molar-refractivity contribution in [1.82, 2.24) is 5.32 Å². The summed E-state index contributed by atoms with van der Waals surface area (Å²) in [5, 5.41) is 13.2. The standard InChI is InChI=1S/C14H17N3O5/c15-13(18)11(16-14(19)12-2-1-7-22-12)8-9-3-5-10(6-4-9)17(20)21/h3-6,11-12H,1-2,7-8H2,(H2,15,18)(H,16,19)/t11-,12+/m0/s1. The van der Waals surface area contributed by atoms with Gasteiger partial charge in [0.1, 0.15) is 12.1 Å². The van der Waals surface area contributed by atoms with Crippen LogP contribution < -0.4 is 11.1 Å². The topological polar surface area (TPSA) is 125 Å². The first-order chi connectivity index (χ1) is 10.5. The lowest BCUT2D eigenvalue weighted by Crippen LogP contribution is -2.49. The van der Waals surface area contributed by atoms with E-state index < -0.39 is 23.0 Å². The molecule has 0 aliphatic carbocycles. The van der Waals surface area contributed by atoms with Gasteiger partial charge in [0.15, 0.2) is 0 Å². The first kappa shape index (κ1) is 15.9. The van der Waals surface area contributed by atoms with Crippen LogP contribution in [0.5, 0.6) is 0 Å². The molecule has 1 aliphatic rings. The van der Waals surface area contributed by atoms with Gasteiger partial charge in [-0.05, 0) is 18.4 Å². The molecular formula is C14H17N3O5. The number of amides is 2. The van der Waals surface area contributed by atoms with Gasteiger partial charge in [-0.2, -0.15) is 0 Å². The molecule has 0 saturated carbocycles. The minimum atomic E-state index is -0.877. The number of nitrogens with one attached hydrogen (secondary N) is 1. The molecule has 0 aromatic heterocycles. The molecule has 8 nitrogen and oxygen atoms in total. The zero-order valence-corrected chi connectivity index (χ0v) is 11.9. The van der Waals surface area contributed by atoms with E-state index in [4.69, 9.17) is 10.5 Å². The van der Waals surface area contributed by atoms with E-state index in [1.165, 1.54) is 24.3 Å². The van der Waals surface area contributed by atoms with Gasteiger partial charge in [0.05, 0.1) is 4.92 Å². The number of nitro benzene ring substituents is 1. The number of carbonyl (C=O) groups excluding carboxylic acids is 2. The second-order valence-corrected chi connectivity index (χ2v) is 5.09. The van der Waals surface area contributed by atoms with Gasteiger partial charge in [-0.3, -0.25) is 19.7 Å². The highest BCUT2D eigenvalue weighted by molar-refractivity contribution is 5.88. The summed E-state index contributed by atoms with van der Waals surface area (Å²) in [7, 11) is 0. The summed E-state index contributed by atoms with van der Waals surface area (Å²) in [4.78, 5) is 33.5. The minimum Gasteiger partial charge on any atom is -0.368 e. The molecule has 2 rings (SSSR count). The fourth-order valence-corrected chi connectivity index (χ4v) is 2.26. The van der Waals surface area contributed by atoms with Gasteiger partial charge in [0, 0.05) is 25.2 Å². The third kappa shape index (κ3) is 4.01. The molecule has 1 fully saturated rings. The Labute approximate surface area is 126 Å². The van der Waals surface area contributed by atoms with Crippen molar-refractivity contribution in [2.45, 2.75) is 31.4 Å². The van der Waals surface area contributed by atoms with Crippen molar-refractivity contribution in [3.8, 4) is 0 Å². The fraction of sp³-hybridized carbons (Fsp3) is 0.429. The number of benzene rings is 1. The van der Waals surface area contributed by atoms with Crippen LogP contribution in [-0.2, 0) is 20.7 Å². The molecule has 118 valence electrons. The number of ether oxygens (including phenoxy) is 1. The molecule has 1 aromatic rings. The number of primary amides is 1. The molecule has 1 aromatic carbocycles. The van der Waals surface area contributed by atoms with Gasteiger partial charge < -0.3 is 15.8 Å². The highest BCUT2D eigenvalue weighted by Gasteiger charge is 2.27. The molecule has 1 aliphatic heterocycles. The minimum absolute atomic E-state index is 0.0391. The summed E-state index contributed by atoms with van der Waals surface area (Å²) in [5.74, 6) is -1.02. The van der Waals surface area contributed by atoms with E-state index in [1.807, 2.05) is 0 Å². The third-order valence-electron chi connectivity index (χ3n) is 3.47. The Kier molecular flexibility index (Phi) is 5.05. The number of hydrogen-bond acceptors (Lipinski definition) is 5. The van der Waals surface area contributed by atoms with Crippen LogP contribution in [0.3, 0.4) is 0 Å². The van der Waals surface area contributed by atoms with Gasteiger partial charge in [0.2, 0.25) is 11.8 Å². The number of rotatable bonds is 6. The van der Waals surface area contributed by atoms with E-state index in [9.17, 15) is 19.7 Å². The summed E-state index contributed by atoms with van der Waals surface area (Å²) in [5.41, 5.74) is 5.94. The summed E-state index contributed by atoms with van der Waals surface area (Å²) < 4.78 is 5.25. The fourth-order valence-electron chi connectivity index (χ4n) is 2.26. The Morgan fingerprint density at radius 1 is 1.41 bits per heavy atom. The summed E-state index contributed by atoms with van der Waals surface area (Å²) >= 11 is 0. The molecule has 2 amide bonds. The lowest BCUT2D eigenvalue weighted by atomic mass is 10.0. The zero-order chi connectivity index (χ0) is 16.1. The van der Waals surface area contributed by atoms with Crippen LogP contribution in [-0.4, -0.2) is 35.5 Å². The van der Waals surface area contributed by atoms with Gasteiger partial charge in [-0.25, -0.2) is 0 Å². The Morgan fingerprint density at radius 3 is 2.59 bits per heavy atom. The van der Waals surface area contributed by atoms with E-state index in [2.05, 4.69) is 5.32 Å². The second-order valence-electron chi connectivity index (χ2n) is 5.09. The monoisotopic (exact) mass is 307 g/mol. The molecule has 0 bridgehead atoms. The van der Waals surface area contributed by atoms with Gasteiger partial charge >= 0.3 is 0 Å². The Bertz CT molecular complexity index is 566. The van der Waals surface area contributed by atoms with E-state index in [0.29, 0.717) is 18.6 Å². The Balaban J connectivity index is 2.00. The SMILES string of the molecule is NC(=O)[C@H](Cc1ccc([N+](=O)[O-])cc1)NC(=O)[C@H]1CCCO1. The predicted molar refractivity (Wildman–Crippen MR) is 76.9 cm³/mol. The van der Waals surface area contributed by atoms with E-state index in [-0.39, 0.29) is 18.0 Å². The van der Waals surface area contributed by atoms with Gasteiger partial charge in [-0.15, -0.1) is 0 Å². The quantitative estimate of drug-likeness (QED) is 0.577. The van der Waals surface area contributed by atoms with Crippen molar-refractivity contribution < 1.29 is 19.2 Å². The highest BCUT2D eigenvalue weighted by Crippen LogP contribution is 2.15. The van der Waals surface area contributed by atoms with Gasteiger partial charge in [-0.1, -0.05) is 12.1 Å². The first-order valence-electron chi connectivity index (χ1n) is 6.92. The van der Waals surface area contributed by atoms with Crippen LogP contribution in [0.2, 0.25) is 0 Å². The molecule has 3 N–H and O–H groups in total. The van der Waals surface area contributed by atoms with E-state index >= 15 is 0 Å². The van der Waals surface area contributed by atoms with Crippen LogP contribution in [0, 0.1) is 10.1 Å². The number of carbonyl (C=O) groups is 2. The normalized spacial score (nSPS) is 18.6. The molecule has 0 radical (unpaired) electrons. The number of hydrogen-bond donors (Lipinski definition) is 2. The number of nitrogens with zero attached hydrogens (tertiary/aromatic N) is 1. The van der Waals surface area contributed by atoms with Crippen LogP contribution in [0.1, 0.15) is 18.4 Å². The van der Waals surface area contributed by atoms with Crippen molar-refractivity contribution in [3.63, 3.8) is 0 Å². The van der Waals surface area contributed by atoms with Crippen molar-refractivity contribution in [1.29, 1.82) is 0 Å². The van der Waals surface area contributed by atoms with Crippen LogP contribution >= 0.6 is 0 Å². The predicted octanol–water partition coefficient (Wildman–Crippen LogP) is 0.286. The molecule has 2 atom stereocenters. The van der Waals surface area contributed by atoms with E-state index in [1.54, 1.807) is 0 Å². The molecule has 1 heterocycles. The number of nitro groups is 1. The molecule has 1 saturated heterocycles. The molecular weight excluding hydrogens is 290 g/mol. The largest absolute Gasteiger partial charge is 0.368 e. The second kappa shape index (κ2) is 6.99. The van der Waals surface area contributed by atoms with Crippen LogP contribution in [0.15, 0.2) is 24.3 Å². The van der Waals surface area contributed by atoms with Crippen molar-refractivity contribution in [2.24, 2.45) is 5.73 Å². The number of non-ortho nitro benzene ring substituents is 1. The third-order valence-corrected chi connectivity index (χ3v) is 3.47. The van der Waals surface area contributed by atoms with Gasteiger partial charge in [0.25, 0.3) is 5.69 Å². The number of nitrogens with two attached hydrogens (primary N) is 1. The summed E-state index contributed by atoms with van der Waals surface area (Å²) in [6, 6.07) is 4.88. The maximum Gasteiger partial charge on any atom is 0.269 e. The van der Waals surface area contributed by atoms with Crippen LogP contribution in [0.4, 0.5) is 5.69 Å². The average Bonchev–Trinajstić information content (AvgIpc) is 3.01. The Hall–Kier alpha value is -2.48.